The van der Waals surface area contributed by atoms with Crippen molar-refractivity contribution in [3.63, 3.8) is 0 Å². The molecule has 3 N–H and O–H groups in total. The lowest BCUT2D eigenvalue weighted by Crippen LogP contribution is -1.95. The van der Waals surface area contributed by atoms with Gasteiger partial charge in [-0.3, -0.25) is 0 Å². The highest BCUT2D eigenvalue weighted by Gasteiger charge is 1.96. The number of nitrogen functional groups attached to an aromatic ring is 1. The Morgan fingerprint density at radius 3 is 2.35 bits per heavy atom. The molecule has 0 saturated carbocycles. The molecule has 0 aliphatic carbocycles. The van der Waals surface area contributed by atoms with E-state index in [4.69, 9.17) is 5.73 Å². The largest absolute Gasteiger partial charge is 0.397 e. The topological polar surface area (TPSA) is 38.0 Å². The van der Waals surface area contributed by atoms with E-state index >= 15 is 0 Å². The average molecular weight is 224 g/mol. The van der Waals surface area contributed by atoms with Crippen molar-refractivity contribution >= 4 is 23.5 Å². The Labute approximate surface area is 102 Å². The van der Waals surface area contributed by atoms with Gasteiger partial charge in [0.2, 0.25) is 0 Å². The molecule has 2 nitrogen and oxygen atoms in total. The summed E-state index contributed by atoms with van der Waals surface area (Å²) in [4.78, 5) is 0. The zero-order chi connectivity index (χ0) is 12.1. The third-order valence-corrected chi connectivity index (χ3v) is 2.61. The maximum Gasteiger partial charge on any atom is 0.0577 e. The highest BCUT2D eigenvalue weighted by atomic mass is 14.8. The maximum absolute atomic E-state index is 5.82. The predicted octanol–water partition coefficient (Wildman–Crippen LogP) is 3.48. The molecule has 0 atom stereocenters. The fourth-order valence-electron chi connectivity index (χ4n) is 1.65. The molecule has 0 aliphatic rings. The minimum absolute atomic E-state index is 0.768. The molecule has 0 amide bonds. The summed E-state index contributed by atoms with van der Waals surface area (Å²) in [5.74, 6) is 0. The van der Waals surface area contributed by atoms with Gasteiger partial charge >= 0.3 is 0 Å². The van der Waals surface area contributed by atoms with E-state index in [1.54, 1.807) is 0 Å². The van der Waals surface area contributed by atoms with Crippen molar-refractivity contribution in [2.24, 2.45) is 0 Å². The molecule has 2 heteroatoms. The number of anilines is 2. The lowest BCUT2D eigenvalue weighted by Gasteiger charge is -2.05. The van der Waals surface area contributed by atoms with Crippen molar-refractivity contribution in [2.75, 3.05) is 18.1 Å². The Hall–Kier alpha value is -2.22. The molecule has 86 valence electrons. The first-order valence-electron chi connectivity index (χ1n) is 5.60. The number of benzene rings is 2. The second kappa shape index (κ2) is 5.21. The monoisotopic (exact) mass is 224 g/mol. The van der Waals surface area contributed by atoms with Crippen LogP contribution in [0.1, 0.15) is 11.1 Å². The minimum Gasteiger partial charge on any atom is -0.397 e. The molecule has 0 bridgehead atoms. The highest BCUT2D eigenvalue weighted by molar-refractivity contribution is 5.75. The second-order valence-corrected chi connectivity index (χ2v) is 3.84. The Morgan fingerprint density at radius 2 is 1.65 bits per heavy atom. The van der Waals surface area contributed by atoms with Gasteiger partial charge in [0, 0.05) is 7.05 Å². The molecular formula is C15H16N2. The van der Waals surface area contributed by atoms with Crippen LogP contribution in [0.2, 0.25) is 0 Å². The lowest BCUT2D eigenvalue weighted by atomic mass is 10.1. The van der Waals surface area contributed by atoms with Crippen LogP contribution in [0.25, 0.3) is 12.2 Å². The summed E-state index contributed by atoms with van der Waals surface area (Å²) in [5, 5.41) is 3.07. The Balaban J connectivity index is 2.22. The van der Waals surface area contributed by atoms with Gasteiger partial charge in [-0.2, -0.15) is 0 Å². The number of nitrogens with two attached hydrogens (primary N) is 1. The number of nitrogens with one attached hydrogen (secondary N) is 1. The van der Waals surface area contributed by atoms with Crippen LogP contribution in [-0.2, 0) is 0 Å². The number of rotatable bonds is 3. The van der Waals surface area contributed by atoms with E-state index in [0.29, 0.717) is 0 Å². The molecule has 2 aromatic rings. The third kappa shape index (κ3) is 2.88. The Kier molecular flexibility index (Phi) is 3.46. The number of hydrogen-bond donors (Lipinski definition) is 2. The molecule has 0 unspecified atom stereocenters. The zero-order valence-corrected chi connectivity index (χ0v) is 9.85. The van der Waals surface area contributed by atoms with Crippen LogP contribution in [0.5, 0.6) is 0 Å². The van der Waals surface area contributed by atoms with Gasteiger partial charge in [0.15, 0.2) is 0 Å². The van der Waals surface area contributed by atoms with Crippen molar-refractivity contribution in [2.45, 2.75) is 0 Å². The summed E-state index contributed by atoms with van der Waals surface area (Å²) >= 11 is 0. The van der Waals surface area contributed by atoms with Crippen LogP contribution in [-0.4, -0.2) is 7.05 Å². The maximum atomic E-state index is 5.82. The summed E-state index contributed by atoms with van der Waals surface area (Å²) in [7, 11) is 1.87. The van der Waals surface area contributed by atoms with Crippen molar-refractivity contribution < 1.29 is 0 Å². The highest BCUT2D eigenvalue weighted by Crippen LogP contribution is 2.20. The SMILES string of the molecule is CNc1cc(/C=C/c2ccccc2)ccc1N. The first-order chi connectivity index (χ1) is 8.29. The summed E-state index contributed by atoms with van der Waals surface area (Å²) in [6, 6.07) is 16.2. The molecule has 2 rings (SSSR count). The molecular weight excluding hydrogens is 208 g/mol. The van der Waals surface area contributed by atoms with E-state index in [1.165, 1.54) is 5.56 Å². The smallest absolute Gasteiger partial charge is 0.0577 e. The van der Waals surface area contributed by atoms with Crippen molar-refractivity contribution in [1.82, 2.24) is 0 Å². The van der Waals surface area contributed by atoms with E-state index in [2.05, 4.69) is 29.6 Å². The summed E-state index contributed by atoms with van der Waals surface area (Å²) in [5.41, 5.74) is 9.87. The molecule has 2 aromatic carbocycles. The van der Waals surface area contributed by atoms with Gasteiger partial charge in [-0.05, 0) is 23.3 Å². The van der Waals surface area contributed by atoms with Crippen LogP contribution < -0.4 is 11.1 Å². The van der Waals surface area contributed by atoms with Gasteiger partial charge in [0.1, 0.15) is 0 Å². The fraction of sp³-hybridized carbons (Fsp3) is 0.0667. The molecule has 0 saturated heterocycles. The number of hydrogen-bond acceptors (Lipinski definition) is 2. The lowest BCUT2D eigenvalue weighted by molar-refractivity contribution is 1.50. The first-order valence-corrected chi connectivity index (χ1v) is 5.60. The second-order valence-electron chi connectivity index (χ2n) is 3.84. The van der Waals surface area contributed by atoms with Crippen molar-refractivity contribution in [1.29, 1.82) is 0 Å². The quantitative estimate of drug-likeness (QED) is 0.618. The summed E-state index contributed by atoms with van der Waals surface area (Å²) < 4.78 is 0. The Bertz CT molecular complexity index is 516. The van der Waals surface area contributed by atoms with E-state index in [9.17, 15) is 0 Å². The van der Waals surface area contributed by atoms with Crippen molar-refractivity contribution in [3.8, 4) is 0 Å². The first kappa shape index (κ1) is 11.3. The molecule has 0 fully saturated rings. The van der Waals surface area contributed by atoms with Crippen LogP contribution in [0.3, 0.4) is 0 Å². The Morgan fingerprint density at radius 1 is 0.941 bits per heavy atom. The van der Waals surface area contributed by atoms with Crippen LogP contribution in [0.15, 0.2) is 48.5 Å². The molecule has 0 radical (unpaired) electrons. The van der Waals surface area contributed by atoms with Gasteiger partial charge in [-0.25, -0.2) is 0 Å². The predicted molar refractivity (Wildman–Crippen MR) is 75.8 cm³/mol. The third-order valence-electron chi connectivity index (χ3n) is 2.61. The molecule has 0 heterocycles. The van der Waals surface area contributed by atoms with Crippen LogP contribution in [0.4, 0.5) is 11.4 Å². The van der Waals surface area contributed by atoms with Gasteiger partial charge in [-0.15, -0.1) is 0 Å². The van der Waals surface area contributed by atoms with Gasteiger partial charge in [0.25, 0.3) is 0 Å². The van der Waals surface area contributed by atoms with Gasteiger partial charge < -0.3 is 11.1 Å². The molecule has 0 aromatic heterocycles. The molecule has 17 heavy (non-hydrogen) atoms. The van der Waals surface area contributed by atoms with Crippen molar-refractivity contribution in [3.05, 3.63) is 59.7 Å². The van der Waals surface area contributed by atoms with Crippen LogP contribution in [0, 0.1) is 0 Å². The average Bonchev–Trinajstić information content (AvgIpc) is 2.39. The summed E-state index contributed by atoms with van der Waals surface area (Å²) in [6.45, 7) is 0. The minimum atomic E-state index is 0.768. The van der Waals surface area contributed by atoms with E-state index in [0.717, 1.165) is 16.9 Å². The fourth-order valence-corrected chi connectivity index (χ4v) is 1.65. The molecule has 0 aliphatic heterocycles. The van der Waals surface area contributed by atoms with E-state index in [1.807, 2.05) is 43.4 Å². The standard InChI is InChI=1S/C15H16N2/c1-17-15-11-13(9-10-14(15)16)8-7-12-5-3-2-4-6-12/h2-11,17H,16H2,1H3/b8-7+. The van der Waals surface area contributed by atoms with Crippen LogP contribution >= 0.6 is 0 Å². The normalized spacial score (nSPS) is 10.6. The summed E-state index contributed by atoms with van der Waals surface area (Å²) in [6.07, 6.45) is 4.17. The zero-order valence-electron chi connectivity index (χ0n) is 9.85. The van der Waals surface area contributed by atoms with Gasteiger partial charge in [0.05, 0.1) is 11.4 Å². The van der Waals surface area contributed by atoms with Gasteiger partial charge in [-0.1, -0.05) is 48.6 Å². The van der Waals surface area contributed by atoms with E-state index in [-0.39, 0.29) is 0 Å². The molecule has 0 spiro atoms. The van der Waals surface area contributed by atoms with E-state index < -0.39 is 0 Å².